The maximum Gasteiger partial charge on any atom is 0.248 e. The van der Waals surface area contributed by atoms with Crippen LogP contribution >= 0.6 is 0 Å². The quantitative estimate of drug-likeness (QED) is 0.608. The summed E-state index contributed by atoms with van der Waals surface area (Å²) in [5, 5.41) is 2.83. The van der Waals surface area contributed by atoms with E-state index in [2.05, 4.69) is 10.0 Å². The molecule has 2 aromatic carbocycles. The summed E-state index contributed by atoms with van der Waals surface area (Å²) in [7, 11) is -3.97. The molecule has 0 fully saturated rings. The van der Waals surface area contributed by atoms with Gasteiger partial charge in [-0.25, -0.2) is 8.42 Å². The monoisotopic (exact) mass is 417 g/mol. The Morgan fingerprint density at radius 1 is 1.00 bits per heavy atom. The van der Waals surface area contributed by atoms with Crippen LogP contribution in [0.1, 0.15) is 43.1 Å². The van der Waals surface area contributed by atoms with Gasteiger partial charge in [-0.1, -0.05) is 30.3 Å². The molecule has 2 rings (SSSR count). The standard InChI is InChI=1S/C21H27N3O4S/c1-21(2,3)23-20(26)18(14-9-15-7-5-4-6-8-15)24-29(27,28)17-12-10-16(11-13-17)19(22)25/h4-8,10-13,18,24H,9,14H2,1-3H3,(H2,22,25)(H,23,26). The van der Waals surface area contributed by atoms with Crippen LogP contribution in [0.4, 0.5) is 0 Å². The van der Waals surface area contributed by atoms with Gasteiger partial charge in [0.05, 0.1) is 4.90 Å². The third-order valence-electron chi connectivity index (χ3n) is 4.13. The fourth-order valence-electron chi connectivity index (χ4n) is 2.71. The number of carbonyl (C=O) groups is 2. The summed E-state index contributed by atoms with van der Waals surface area (Å²) in [6.45, 7) is 5.49. The zero-order valence-corrected chi connectivity index (χ0v) is 17.6. The lowest BCUT2D eigenvalue weighted by Crippen LogP contribution is -2.52. The van der Waals surface area contributed by atoms with Crippen molar-refractivity contribution in [2.45, 2.75) is 50.1 Å². The average molecular weight is 418 g/mol. The summed E-state index contributed by atoms with van der Waals surface area (Å²) in [4.78, 5) is 23.9. The van der Waals surface area contributed by atoms with Gasteiger partial charge in [0.2, 0.25) is 21.8 Å². The largest absolute Gasteiger partial charge is 0.366 e. The van der Waals surface area contributed by atoms with Crippen molar-refractivity contribution in [2.24, 2.45) is 5.73 Å². The molecule has 0 saturated heterocycles. The van der Waals surface area contributed by atoms with E-state index < -0.39 is 33.4 Å². The molecule has 156 valence electrons. The molecule has 0 bridgehead atoms. The molecule has 0 aliphatic carbocycles. The van der Waals surface area contributed by atoms with Crippen LogP contribution in [0.2, 0.25) is 0 Å². The highest BCUT2D eigenvalue weighted by molar-refractivity contribution is 7.89. The van der Waals surface area contributed by atoms with Crippen LogP contribution in [0.5, 0.6) is 0 Å². The van der Waals surface area contributed by atoms with Gasteiger partial charge in [0.1, 0.15) is 6.04 Å². The van der Waals surface area contributed by atoms with Crippen molar-refractivity contribution >= 4 is 21.8 Å². The maximum atomic E-state index is 12.8. The van der Waals surface area contributed by atoms with Gasteiger partial charge in [-0.3, -0.25) is 9.59 Å². The molecule has 0 aromatic heterocycles. The van der Waals surface area contributed by atoms with Gasteiger partial charge in [-0.2, -0.15) is 4.72 Å². The highest BCUT2D eigenvalue weighted by Crippen LogP contribution is 2.14. The topological polar surface area (TPSA) is 118 Å². The summed E-state index contributed by atoms with van der Waals surface area (Å²) in [6, 6.07) is 13.8. The molecule has 0 aliphatic rings. The van der Waals surface area contributed by atoms with Crippen molar-refractivity contribution in [3.05, 3.63) is 65.7 Å². The minimum atomic E-state index is -3.97. The molecule has 0 aliphatic heterocycles. The summed E-state index contributed by atoms with van der Waals surface area (Å²) >= 11 is 0. The van der Waals surface area contributed by atoms with Crippen LogP contribution in [0.25, 0.3) is 0 Å². The van der Waals surface area contributed by atoms with Gasteiger partial charge in [-0.15, -0.1) is 0 Å². The SMILES string of the molecule is CC(C)(C)NC(=O)C(CCc1ccccc1)NS(=O)(=O)c1ccc(C(N)=O)cc1. The number of hydrogen-bond donors (Lipinski definition) is 3. The second-order valence-corrected chi connectivity index (χ2v) is 9.54. The number of nitrogens with one attached hydrogen (secondary N) is 2. The first-order valence-corrected chi connectivity index (χ1v) is 10.7. The smallest absolute Gasteiger partial charge is 0.248 e. The molecule has 7 nitrogen and oxygen atoms in total. The minimum Gasteiger partial charge on any atom is -0.366 e. The van der Waals surface area contributed by atoms with Crippen LogP contribution < -0.4 is 15.8 Å². The van der Waals surface area contributed by atoms with E-state index in [4.69, 9.17) is 5.73 Å². The lowest BCUT2D eigenvalue weighted by Gasteiger charge is -2.25. The zero-order valence-electron chi connectivity index (χ0n) is 16.8. The Hall–Kier alpha value is -2.71. The first-order valence-electron chi connectivity index (χ1n) is 9.26. The molecule has 1 unspecified atom stereocenters. The van der Waals surface area contributed by atoms with Crippen molar-refractivity contribution < 1.29 is 18.0 Å². The average Bonchev–Trinajstić information content (AvgIpc) is 2.64. The molecular formula is C21H27N3O4S. The number of benzene rings is 2. The van der Waals surface area contributed by atoms with Crippen molar-refractivity contribution in [1.29, 1.82) is 0 Å². The van der Waals surface area contributed by atoms with E-state index >= 15 is 0 Å². The molecule has 0 heterocycles. The molecule has 4 N–H and O–H groups in total. The summed E-state index contributed by atoms with van der Waals surface area (Å²) < 4.78 is 28.1. The molecular weight excluding hydrogens is 390 g/mol. The molecule has 0 radical (unpaired) electrons. The fraction of sp³-hybridized carbons (Fsp3) is 0.333. The van der Waals surface area contributed by atoms with E-state index in [1.807, 2.05) is 51.1 Å². The van der Waals surface area contributed by atoms with Gasteiger partial charge in [0.25, 0.3) is 0 Å². The minimum absolute atomic E-state index is 0.0456. The highest BCUT2D eigenvalue weighted by atomic mass is 32.2. The Balaban J connectivity index is 2.22. The third kappa shape index (κ3) is 6.99. The molecule has 2 aromatic rings. The van der Waals surface area contributed by atoms with Gasteiger partial charge in [0.15, 0.2) is 0 Å². The van der Waals surface area contributed by atoms with Gasteiger partial charge < -0.3 is 11.1 Å². The van der Waals surface area contributed by atoms with Crippen molar-refractivity contribution in [3.8, 4) is 0 Å². The first-order chi connectivity index (χ1) is 13.5. The fourth-order valence-corrected chi connectivity index (χ4v) is 3.94. The van der Waals surface area contributed by atoms with E-state index in [-0.39, 0.29) is 10.5 Å². The number of nitrogens with two attached hydrogens (primary N) is 1. The molecule has 8 heteroatoms. The van der Waals surface area contributed by atoms with Crippen LogP contribution in [-0.4, -0.2) is 31.8 Å². The lowest BCUT2D eigenvalue weighted by molar-refractivity contribution is -0.124. The van der Waals surface area contributed by atoms with Crippen molar-refractivity contribution in [3.63, 3.8) is 0 Å². The van der Waals surface area contributed by atoms with Crippen LogP contribution in [0.15, 0.2) is 59.5 Å². The number of amides is 2. The van der Waals surface area contributed by atoms with Gasteiger partial charge in [-0.05, 0) is 63.4 Å². The van der Waals surface area contributed by atoms with Crippen LogP contribution in [-0.2, 0) is 21.2 Å². The Morgan fingerprint density at radius 2 is 1.59 bits per heavy atom. The number of carbonyl (C=O) groups excluding carboxylic acids is 2. The highest BCUT2D eigenvalue weighted by Gasteiger charge is 2.28. The Bertz CT molecular complexity index is 950. The van der Waals surface area contributed by atoms with Gasteiger partial charge in [0, 0.05) is 11.1 Å². The molecule has 1 atom stereocenters. The van der Waals surface area contributed by atoms with Crippen molar-refractivity contribution in [2.75, 3.05) is 0 Å². The number of sulfonamides is 1. The summed E-state index contributed by atoms with van der Waals surface area (Å²) in [5.41, 5.74) is 5.90. The summed E-state index contributed by atoms with van der Waals surface area (Å²) in [6.07, 6.45) is 0.830. The molecule has 2 amide bonds. The predicted octanol–water partition coefficient (Wildman–Crippen LogP) is 1.98. The first kappa shape index (κ1) is 22.6. The van der Waals surface area contributed by atoms with Gasteiger partial charge >= 0.3 is 0 Å². The third-order valence-corrected chi connectivity index (χ3v) is 5.61. The van der Waals surface area contributed by atoms with Crippen LogP contribution in [0, 0.1) is 0 Å². The Morgan fingerprint density at radius 3 is 2.10 bits per heavy atom. The zero-order chi connectivity index (χ0) is 21.7. The van der Waals surface area contributed by atoms with E-state index in [0.717, 1.165) is 5.56 Å². The van der Waals surface area contributed by atoms with Crippen LogP contribution in [0.3, 0.4) is 0 Å². The molecule has 29 heavy (non-hydrogen) atoms. The number of hydrogen-bond acceptors (Lipinski definition) is 4. The van der Waals surface area contributed by atoms with Crippen molar-refractivity contribution in [1.82, 2.24) is 10.0 Å². The molecule has 0 saturated carbocycles. The Labute approximate surface area is 171 Å². The second-order valence-electron chi connectivity index (χ2n) is 7.83. The van der Waals surface area contributed by atoms with E-state index in [1.54, 1.807) is 0 Å². The summed E-state index contributed by atoms with van der Waals surface area (Å²) in [5.74, 6) is -1.04. The number of aryl methyl sites for hydroxylation is 1. The predicted molar refractivity (Wildman–Crippen MR) is 112 cm³/mol. The number of rotatable bonds is 8. The van der Waals surface area contributed by atoms with E-state index in [9.17, 15) is 18.0 Å². The second kappa shape index (κ2) is 9.19. The maximum absolute atomic E-state index is 12.8. The Kier molecular flexibility index (Phi) is 7.16. The lowest BCUT2D eigenvalue weighted by atomic mass is 10.0. The van der Waals surface area contributed by atoms with E-state index in [0.29, 0.717) is 12.8 Å². The molecule has 0 spiro atoms. The normalized spacial score (nSPS) is 12.9. The number of primary amides is 1. The van der Waals surface area contributed by atoms with E-state index in [1.165, 1.54) is 24.3 Å².